The van der Waals surface area contributed by atoms with Crippen molar-refractivity contribution in [1.82, 2.24) is 5.32 Å². The Labute approximate surface area is 164 Å². The van der Waals surface area contributed by atoms with E-state index in [4.69, 9.17) is 61.0 Å². The van der Waals surface area contributed by atoms with Gasteiger partial charge in [0.15, 0.2) is 0 Å². The fraction of sp³-hybridized carbons (Fsp3) is 0.333. The molecule has 1 heterocycles. The molecule has 1 aromatic carbocycles. The Bertz CT molecular complexity index is 651. The van der Waals surface area contributed by atoms with Crippen molar-refractivity contribution in [2.75, 3.05) is 32.9 Å². The maximum atomic E-state index is 11.8. The SMILES string of the molecule is C1COCCN1.C=CCOC(=O)c1c(Cl)c(Cl)c(Cl)c(Cl)c1C(=O)O. The largest absolute Gasteiger partial charge is 0.478 e. The van der Waals surface area contributed by atoms with E-state index in [0.29, 0.717) is 0 Å². The molecule has 10 heteroatoms. The molecule has 0 atom stereocenters. The second-order valence-electron chi connectivity index (χ2n) is 4.56. The molecule has 0 unspecified atom stereocenters. The molecule has 1 aromatic rings. The highest BCUT2D eigenvalue weighted by molar-refractivity contribution is 6.54. The molecular formula is C15H15Cl4NO5. The van der Waals surface area contributed by atoms with Gasteiger partial charge in [0, 0.05) is 13.1 Å². The number of hydrogen-bond donors (Lipinski definition) is 2. The third-order valence-corrected chi connectivity index (χ3v) is 4.67. The summed E-state index contributed by atoms with van der Waals surface area (Å²) in [7, 11) is 0. The lowest BCUT2D eigenvalue weighted by atomic mass is 10.1. The molecular weight excluding hydrogens is 416 g/mol. The molecule has 0 radical (unpaired) electrons. The van der Waals surface area contributed by atoms with Crippen molar-refractivity contribution in [3.05, 3.63) is 43.9 Å². The van der Waals surface area contributed by atoms with Crippen LogP contribution in [0.3, 0.4) is 0 Å². The van der Waals surface area contributed by atoms with Crippen molar-refractivity contribution in [3.8, 4) is 0 Å². The predicted octanol–water partition coefficient (Wildman–Crippen LogP) is 3.95. The Balaban J connectivity index is 0.000000435. The van der Waals surface area contributed by atoms with Gasteiger partial charge in [-0.3, -0.25) is 0 Å². The molecule has 1 aliphatic rings. The van der Waals surface area contributed by atoms with Crippen LogP contribution >= 0.6 is 46.4 Å². The number of halogens is 4. The Morgan fingerprint density at radius 2 is 1.60 bits per heavy atom. The molecule has 138 valence electrons. The Morgan fingerprint density at radius 1 is 1.08 bits per heavy atom. The van der Waals surface area contributed by atoms with E-state index in [1.54, 1.807) is 0 Å². The van der Waals surface area contributed by atoms with Crippen molar-refractivity contribution in [2.24, 2.45) is 0 Å². The molecule has 0 spiro atoms. The van der Waals surface area contributed by atoms with Crippen LogP contribution in [0.25, 0.3) is 0 Å². The van der Waals surface area contributed by atoms with Gasteiger partial charge in [-0.15, -0.1) is 0 Å². The van der Waals surface area contributed by atoms with Gasteiger partial charge < -0.3 is 19.9 Å². The quantitative estimate of drug-likeness (QED) is 0.325. The van der Waals surface area contributed by atoms with Crippen LogP contribution in [0, 0.1) is 0 Å². The average Bonchev–Trinajstić information content (AvgIpc) is 2.62. The second-order valence-corrected chi connectivity index (χ2v) is 6.07. The summed E-state index contributed by atoms with van der Waals surface area (Å²) in [6, 6.07) is 0. The van der Waals surface area contributed by atoms with Crippen LogP contribution in [0.15, 0.2) is 12.7 Å². The number of morpholine rings is 1. The van der Waals surface area contributed by atoms with E-state index >= 15 is 0 Å². The zero-order chi connectivity index (χ0) is 19.0. The number of nitrogens with one attached hydrogen (secondary N) is 1. The number of benzene rings is 1. The third-order valence-electron chi connectivity index (χ3n) is 2.86. The summed E-state index contributed by atoms with van der Waals surface area (Å²) >= 11 is 23.1. The van der Waals surface area contributed by atoms with E-state index < -0.39 is 23.1 Å². The van der Waals surface area contributed by atoms with Gasteiger partial charge in [-0.2, -0.15) is 0 Å². The zero-order valence-electron chi connectivity index (χ0n) is 12.9. The molecule has 1 saturated heterocycles. The van der Waals surface area contributed by atoms with Crippen molar-refractivity contribution >= 4 is 58.3 Å². The Hall–Kier alpha value is -1.02. The lowest BCUT2D eigenvalue weighted by Crippen LogP contribution is -2.30. The number of ether oxygens (including phenoxy) is 2. The summed E-state index contributed by atoms with van der Waals surface area (Å²) in [6.07, 6.45) is 1.31. The first-order valence-corrected chi connectivity index (χ1v) is 8.49. The number of aromatic carboxylic acids is 1. The van der Waals surface area contributed by atoms with Crippen LogP contribution < -0.4 is 5.32 Å². The predicted molar refractivity (Wildman–Crippen MR) is 97.6 cm³/mol. The Morgan fingerprint density at radius 3 is 1.96 bits per heavy atom. The molecule has 25 heavy (non-hydrogen) atoms. The minimum absolute atomic E-state index is 0.119. The number of carboxylic acids is 1. The van der Waals surface area contributed by atoms with Gasteiger partial charge in [-0.25, -0.2) is 9.59 Å². The lowest BCUT2D eigenvalue weighted by Gasteiger charge is -2.12. The van der Waals surface area contributed by atoms with E-state index in [1.165, 1.54) is 6.08 Å². The molecule has 1 fully saturated rings. The molecule has 2 rings (SSSR count). The van der Waals surface area contributed by atoms with E-state index in [0.717, 1.165) is 26.3 Å². The number of carbonyl (C=O) groups excluding carboxylic acids is 1. The summed E-state index contributed by atoms with van der Waals surface area (Å²) in [5.74, 6) is -2.46. The van der Waals surface area contributed by atoms with Gasteiger partial charge in [0.2, 0.25) is 0 Å². The first kappa shape index (κ1) is 22.0. The van der Waals surface area contributed by atoms with E-state index in [1.807, 2.05) is 0 Å². The van der Waals surface area contributed by atoms with Crippen LogP contribution in [0.1, 0.15) is 20.7 Å². The molecule has 2 N–H and O–H groups in total. The highest BCUT2D eigenvalue weighted by Crippen LogP contribution is 2.41. The standard InChI is InChI=1S/C11H6Cl4O4.C4H9NO/c1-2-3-19-11(18)5-4(10(16)17)6(12)8(14)9(15)7(5)13;1-3-6-4-2-5-1/h2H,1,3H2,(H,16,17);5H,1-4H2. The number of carboxylic acid groups (broad SMARTS) is 1. The average molecular weight is 431 g/mol. The van der Waals surface area contributed by atoms with Crippen LogP contribution in [-0.4, -0.2) is 50.0 Å². The first-order valence-electron chi connectivity index (χ1n) is 6.98. The monoisotopic (exact) mass is 429 g/mol. The van der Waals surface area contributed by atoms with Crippen molar-refractivity contribution in [1.29, 1.82) is 0 Å². The van der Waals surface area contributed by atoms with E-state index in [-0.39, 0.29) is 26.7 Å². The maximum Gasteiger partial charge on any atom is 0.340 e. The minimum Gasteiger partial charge on any atom is -0.478 e. The van der Waals surface area contributed by atoms with Gasteiger partial charge >= 0.3 is 11.9 Å². The lowest BCUT2D eigenvalue weighted by molar-refractivity contribution is 0.0537. The van der Waals surface area contributed by atoms with Gasteiger partial charge in [0.1, 0.15) is 6.61 Å². The summed E-state index contributed by atoms with van der Waals surface area (Å²) in [5.41, 5.74) is -1.01. The summed E-state index contributed by atoms with van der Waals surface area (Å²) < 4.78 is 9.74. The normalized spacial score (nSPS) is 13.4. The van der Waals surface area contributed by atoms with Crippen molar-refractivity contribution in [3.63, 3.8) is 0 Å². The van der Waals surface area contributed by atoms with E-state index in [2.05, 4.69) is 11.9 Å². The second kappa shape index (κ2) is 10.9. The van der Waals surface area contributed by atoms with Gasteiger partial charge in [-0.1, -0.05) is 59.1 Å². The highest BCUT2D eigenvalue weighted by atomic mass is 35.5. The number of carbonyl (C=O) groups is 2. The summed E-state index contributed by atoms with van der Waals surface area (Å²) in [6.45, 7) is 7.07. The van der Waals surface area contributed by atoms with Crippen LogP contribution in [0.4, 0.5) is 0 Å². The molecule has 0 saturated carbocycles. The van der Waals surface area contributed by atoms with Crippen LogP contribution in [0.5, 0.6) is 0 Å². The molecule has 1 aliphatic heterocycles. The highest BCUT2D eigenvalue weighted by Gasteiger charge is 2.29. The molecule has 0 aliphatic carbocycles. The summed E-state index contributed by atoms with van der Waals surface area (Å²) in [4.78, 5) is 23.0. The summed E-state index contributed by atoms with van der Waals surface area (Å²) in [5, 5.41) is 11.1. The van der Waals surface area contributed by atoms with Gasteiger partial charge in [-0.05, 0) is 0 Å². The topological polar surface area (TPSA) is 84.9 Å². The first-order chi connectivity index (χ1) is 11.8. The van der Waals surface area contributed by atoms with Crippen molar-refractivity contribution < 1.29 is 24.2 Å². The van der Waals surface area contributed by atoms with Crippen molar-refractivity contribution in [2.45, 2.75) is 0 Å². The van der Waals surface area contributed by atoms with Gasteiger partial charge in [0.05, 0.1) is 44.4 Å². The van der Waals surface area contributed by atoms with Gasteiger partial charge in [0.25, 0.3) is 0 Å². The number of esters is 1. The fourth-order valence-corrected chi connectivity index (χ4v) is 2.76. The third kappa shape index (κ3) is 6.02. The van der Waals surface area contributed by atoms with E-state index in [9.17, 15) is 9.59 Å². The maximum absolute atomic E-state index is 11.8. The fourth-order valence-electron chi connectivity index (χ4n) is 1.75. The number of rotatable bonds is 4. The molecule has 0 amide bonds. The number of hydrogen-bond acceptors (Lipinski definition) is 5. The Kier molecular flexibility index (Phi) is 9.56. The zero-order valence-corrected chi connectivity index (χ0v) is 15.9. The molecule has 6 nitrogen and oxygen atoms in total. The van der Waals surface area contributed by atoms with Crippen LogP contribution in [0.2, 0.25) is 20.1 Å². The minimum atomic E-state index is -1.48. The molecule has 0 bridgehead atoms. The van der Waals surface area contributed by atoms with Crippen LogP contribution in [-0.2, 0) is 9.47 Å². The smallest absolute Gasteiger partial charge is 0.340 e. The molecule has 0 aromatic heterocycles.